The average molecular weight is 242 g/mol. The van der Waals surface area contributed by atoms with Crippen LogP contribution in [0.15, 0.2) is 42.7 Å². The highest BCUT2D eigenvalue weighted by Gasteiger charge is 2.08. The van der Waals surface area contributed by atoms with Gasteiger partial charge in [-0.3, -0.25) is 4.98 Å². The molecule has 3 heteroatoms. The van der Waals surface area contributed by atoms with E-state index >= 15 is 0 Å². The first kappa shape index (κ1) is 12.6. The number of rotatable bonds is 4. The van der Waals surface area contributed by atoms with E-state index < -0.39 is 0 Å². The molecule has 0 saturated carbocycles. The summed E-state index contributed by atoms with van der Waals surface area (Å²) < 4.78 is 0. The van der Waals surface area contributed by atoms with Crippen molar-refractivity contribution >= 4 is 11.4 Å². The third-order valence-electron chi connectivity index (χ3n) is 3.15. The molecule has 0 amide bonds. The van der Waals surface area contributed by atoms with E-state index in [0.717, 1.165) is 23.4 Å². The van der Waals surface area contributed by atoms with E-state index in [-0.39, 0.29) is 6.61 Å². The molecule has 3 nitrogen and oxygen atoms in total. The summed E-state index contributed by atoms with van der Waals surface area (Å²) in [6.45, 7) is 2.17. The largest absolute Gasteiger partial charge is 0.392 e. The number of anilines is 2. The minimum atomic E-state index is 0.0231. The first-order chi connectivity index (χ1) is 8.76. The Morgan fingerprint density at radius 2 is 1.89 bits per heavy atom. The van der Waals surface area contributed by atoms with Crippen LogP contribution in [0.4, 0.5) is 11.4 Å². The normalized spacial score (nSPS) is 10.4. The van der Waals surface area contributed by atoms with Gasteiger partial charge < -0.3 is 10.0 Å². The predicted octanol–water partition coefficient (Wildman–Crippen LogP) is 2.90. The second kappa shape index (κ2) is 5.65. The number of hydrogen-bond acceptors (Lipinski definition) is 3. The Morgan fingerprint density at radius 3 is 2.50 bits per heavy atom. The fourth-order valence-corrected chi connectivity index (χ4v) is 1.94. The summed E-state index contributed by atoms with van der Waals surface area (Å²) in [7, 11) is 1.98. The van der Waals surface area contributed by atoms with Crippen molar-refractivity contribution in [3.8, 4) is 0 Å². The second-order valence-electron chi connectivity index (χ2n) is 4.24. The monoisotopic (exact) mass is 242 g/mol. The molecule has 0 unspecified atom stereocenters. The van der Waals surface area contributed by atoms with Crippen molar-refractivity contribution in [1.29, 1.82) is 0 Å². The van der Waals surface area contributed by atoms with E-state index in [4.69, 9.17) is 0 Å². The lowest BCUT2D eigenvalue weighted by atomic mass is 10.1. The summed E-state index contributed by atoms with van der Waals surface area (Å²) in [5, 5.41) is 9.34. The topological polar surface area (TPSA) is 36.4 Å². The number of aliphatic hydroxyl groups excluding tert-OH is 1. The molecule has 1 aromatic carbocycles. The lowest BCUT2D eigenvalue weighted by Crippen LogP contribution is -2.12. The maximum Gasteiger partial charge on any atom is 0.0703 e. The molecule has 2 aromatic rings. The summed E-state index contributed by atoms with van der Waals surface area (Å²) in [6.07, 6.45) is 4.52. The lowest BCUT2D eigenvalue weighted by molar-refractivity contribution is 0.282. The van der Waals surface area contributed by atoms with Crippen molar-refractivity contribution in [3.05, 3.63) is 53.9 Å². The molecule has 0 spiro atoms. The Kier molecular flexibility index (Phi) is 3.95. The zero-order valence-electron chi connectivity index (χ0n) is 10.8. The minimum absolute atomic E-state index is 0.0231. The zero-order valence-corrected chi connectivity index (χ0v) is 10.8. The maximum absolute atomic E-state index is 9.34. The van der Waals surface area contributed by atoms with Crippen molar-refractivity contribution in [2.24, 2.45) is 0 Å². The molecule has 94 valence electrons. The molecule has 2 rings (SSSR count). The molecule has 0 aliphatic rings. The number of aliphatic hydroxyl groups is 1. The minimum Gasteiger partial charge on any atom is -0.392 e. The van der Waals surface area contributed by atoms with Crippen molar-refractivity contribution in [1.82, 2.24) is 4.98 Å². The maximum atomic E-state index is 9.34. The van der Waals surface area contributed by atoms with Crippen molar-refractivity contribution in [2.45, 2.75) is 20.0 Å². The third kappa shape index (κ3) is 2.51. The van der Waals surface area contributed by atoms with E-state index in [1.54, 1.807) is 12.4 Å². The first-order valence-electron chi connectivity index (χ1n) is 6.12. The number of benzene rings is 1. The smallest absolute Gasteiger partial charge is 0.0703 e. The number of nitrogens with zero attached hydrogens (tertiary/aromatic N) is 2. The molecule has 0 atom stereocenters. The highest BCUT2D eigenvalue weighted by molar-refractivity contribution is 5.64. The van der Waals surface area contributed by atoms with Crippen LogP contribution in [0.2, 0.25) is 0 Å². The van der Waals surface area contributed by atoms with Crippen LogP contribution in [0.5, 0.6) is 0 Å². The van der Waals surface area contributed by atoms with Crippen LogP contribution < -0.4 is 4.90 Å². The Labute approximate surface area is 108 Å². The molecule has 1 heterocycles. The van der Waals surface area contributed by atoms with E-state index in [9.17, 15) is 5.11 Å². The van der Waals surface area contributed by atoms with Gasteiger partial charge in [0.1, 0.15) is 0 Å². The van der Waals surface area contributed by atoms with Crippen LogP contribution in [0, 0.1) is 0 Å². The summed E-state index contributed by atoms with van der Waals surface area (Å²) in [5.74, 6) is 0. The van der Waals surface area contributed by atoms with Gasteiger partial charge in [-0.2, -0.15) is 0 Å². The highest BCUT2D eigenvalue weighted by Crippen LogP contribution is 2.26. The van der Waals surface area contributed by atoms with Gasteiger partial charge in [0.05, 0.1) is 18.5 Å². The Hall–Kier alpha value is -1.87. The number of pyridine rings is 1. The van der Waals surface area contributed by atoms with Crippen LogP contribution in [0.3, 0.4) is 0 Å². The quantitative estimate of drug-likeness (QED) is 0.895. The molecule has 1 N–H and O–H groups in total. The Balaban J connectivity index is 2.31. The summed E-state index contributed by atoms with van der Waals surface area (Å²) in [5.41, 5.74) is 4.23. The second-order valence-corrected chi connectivity index (χ2v) is 4.24. The van der Waals surface area contributed by atoms with Gasteiger partial charge in [-0.1, -0.05) is 19.1 Å². The van der Waals surface area contributed by atoms with Gasteiger partial charge in [0, 0.05) is 24.5 Å². The van der Waals surface area contributed by atoms with E-state index in [0.29, 0.717) is 0 Å². The summed E-state index contributed by atoms with van der Waals surface area (Å²) in [6, 6.07) is 10.3. The number of aryl methyl sites for hydroxylation is 1. The van der Waals surface area contributed by atoms with Crippen LogP contribution in [-0.2, 0) is 13.0 Å². The van der Waals surface area contributed by atoms with E-state index in [1.807, 2.05) is 18.0 Å². The molecule has 1 aromatic heterocycles. The zero-order chi connectivity index (χ0) is 13.0. The fraction of sp³-hybridized carbons (Fsp3) is 0.267. The van der Waals surface area contributed by atoms with Gasteiger partial charge in [0.25, 0.3) is 0 Å². The Morgan fingerprint density at radius 1 is 1.17 bits per heavy atom. The van der Waals surface area contributed by atoms with Gasteiger partial charge in [-0.05, 0) is 30.2 Å². The van der Waals surface area contributed by atoms with Gasteiger partial charge in [0.15, 0.2) is 0 Å². The molecule has 0 bridgehead atoms. The predicted molar refractivity (Wildman–Crippen MR) is 74.0 cm³/mol. The molecular formula is C15H18N2O. The molecule has 0 radical (unpaired) electrons. The van der Waals surface area contributed by atoms with Gasteiger partial charge in [0.2, 0.25) is 0 Å². The molecule has 0 fully saturated rings. The molecule has 0 saturated heterocycles. The van der Waals surface area contributed by atoms with Crippen LogP contribution >= 0.6 is 0 Å². The molecule has 18 heavy (non-hydrogen) atoms. The molecule has 0 aliphatic carbocycles. The van der Waals surface area contributed by atoms with Gasteiger partial charge >= 0.3 is 0 Å². The van der Waals surface area contributed by atoms with E-state index in [1.165, 1.54) is 5.56 Å². The third-order valence-corrected chi connectivity index (χ3v) is 3.15. The Bertz CT molecular complexity index is 508. The number of hydrogen-bond donors (Lipinski definition) is 1. The van der Waals surface area contributed by atoms with Gasteiger partial charge in [-0.15, -0.1) is 0 Å². The lowest BCUT2D eigenvalue weighted by Gasteiger charge is -2.21. The van der Waals surface area contributed by atoms with E-state index in [2.05, 4.69) is 36.2 Å². The van der Waals surface area contributed by atoms with Crippen molar-refractivity contribution in [2.75, 3.05) is 11.9 Å². The summed E-state index contributed by atoms with van der Waals surface area (Å²) in [4.78, 5) is 6.16. The fourth-order valence-electron chi connectivity index (χ4n) is 1.94. The van der Waals surface area contributed by atoms with Crippen molar-refractivity contribution in [3.63, 3.8) is 0 Å². The van der Waals surface area contributed by atoms with Crippen LogP contribution in [0.25, 0.3) is 0 Å². The molecular weight excluding hydrogens is 224 g/mol. The highest BCUT2D eigenvalue weighted by atomic mass is 16.3. The van der Waals surface area contributed by atoms with Gasteiger partial charge in [-0.25, -0.2) is 0 Å². The van der Waals surface area contributed by atoms with Crippen molar-refractivity contribution < 1.29 is 5.11 Å². The number of aromatic nitrogens is 1. The average Bonchev–Trinajstić information content (AvgIpc) is 2.46. The standard InChI is InChI=1S/C15H18N2O/c1-3-12-4-6-14(7-5-12)17(2)15-10-16-9-8-13(15)11-18/h4-10,18H,3,11H2,1-2H3. The SMILES string of the molecule is CCc1ccc(N(C)c2cnccc2CO)cc1. The van der Waals surface area contributed by atoms with Crippen LogP contribution in [0.1, 0.15) is 18.1 Å². The summed E-state index contributed by atoms with van der Waals surface area (Å²) >= 11 is 0. The van der Waals surface area contributed by atoms with Crippen LogP contribution in [-0.4, -0.2) is 17.1 Å². The molecule has 0 aliphatic heterocycles. The first-order valence-corrected chi connectivity index (χ1v) is 6.12.